The zero-order valence-corrected chi connectivity index (χ0v) is 12.0. The third kappa shape index (κ3) is 2.01. The molecule has 1 aromatic carbocycles. The molecule has 1 N–H and O–H groups in total. The highest BCUT2D eigenvalue weighted by Gasteiger charge is 2.14. The highest BCUT2D eigenvalue weighted by molar-refractivity contribution is 5.89. The van der Waals surface area contributed by atoms with Gasteiger partial charge in [-0.05, 0) is 44.9 Å². The number of hydrogen-bond acceptors (Lipinski definition) is 5. The highest BCUT2D eigenvalue weighted by Crippen LogP contribution is 2.28. The molecular formula is C15H16N4O. The second kappa shape index (κ2) is 4.59. The number of benzene rings is 1. The first-order valence-electron chi connectivity index (χ1n) is 6.50. The van der Waals surface area contributed by atoms with Crippen LogP contribution in [-0.2, 0) is 0 Å². The van der Waals surface area contributed by atoms with Crippen molar-refractivity contribution in [3.05, 3.63) is 40.8 Å². The molecule has 0 aliphatic heterocycles. The average Bonchev–Trinajstić information content (AvgIpc) is 2.76. The fraction of sp³-hybridized carbons (Fsp3) is 0.267. The molecule has 0 spiro atoms. The van der Waals surface area contributed by atoms with E-state index in [4.69, 9.17) is 4.52 Å². The van der Waals surface area contributed by atoms with Crippen molar-refractivity contribution in [3.8, 4) is 0 Å². The molecule has 0 radical (unpaired) electrons. The van der Waals surface area contributed by atoms with Crippen LogP contribution in [0, 0.1) is 27.7 Å². The summed E-state index contributed by atoms with van der Waals surface area (Å²) in [6.07, 6.45) is 0. The highest BCUT2D eigenvalue weighted by atomic mass is 16.5. The summed E-state index contributed by atoms with van der Waals surface area (Å²) in [5, 5.41) is 8.16. The van der Waals surface area contributed by atoms with Crippen LogP contribution in [0.15, 0.2) is 22.7 Å². The lowest BCUT2D eigenvalue weighted by molar-refractivity contribution is 0.442. The molecule has 0 aliphatic rings. The van der Waals surface area contributed by atoms with Gasteiger partial charge in [-0.15, -0.1) is 0 Å². The van der Waals surface area contributed by atoms with Gasteiger partial charge in [-0.2, -0.15) is 4.98 Å². The summed E-state index contributed by atoms with van der Waals surface area (Å²) in [6.45, 7) is 7.90. The maximum atomic E-state index is 5.22. The van der Waals surface area contributed by atoms with Crippen molar-refractivity contribution < 1.29 is 4.52 Å². The predicted molar refractivity (Wildman–Crippen MR) is 78.3 cm³/mol. The summed E-state index contributed by atoms with van der Waals surface area (Å²) in [7, 11) is 0. The topological polar surface area (TPSA) is 63.8 Å². The number of anilines is 2. The zero-order valence-electron chi connectivity index (χ0n) is 12.0. The second-order valence-electron chi connectivity index (χ2n) is 4.94. The molecule has 0 amide bonds. The lowest BCUT2D eigenvalue weighted by atomic mass is 10.1. The molecule has 102 valence electrons. The minimum Gasteiger partial charge on any atom is -0.339 e. The predicted octanol–water partition coefficient (Wildman–Crippen LogP) is 3.60. The summed E-state index contributed by atoms with van der Waals surface area (Å²) >= 11 is 0. The molecule has 2 aromatic heterocycles. The Hall–Kier alpha value is -2.43. The molecule has 0 saturated heterocycles. The van der Waals surface area contributed by atoms with Crippen LogP contribution in [-0.4, -0.2) is 15.1 Å². The summed E-state index contributed by atoms with van der Waals surface area (Å²) < 4.78 is 5.22. The van der Waals surface area contributed by atoms with Gasteiger partial charge in [-0.25, -0.2) is 4.98 Å². The lowest BCUT2D eigenvalue weighted by Gasteiger charge is -2.11. The van der Waals surface area contributed by atoms with Gasteiger partial charge >= 0.3 is 0 Å². The second-order valence-corrected chi connectivity index (χ2v) is 4.94. The number of nitrogens with one attached hydrogen (secondary N) is 1. The van der Waals surface area contributed by atoms with Crippen LogP contribution >= 0.6 is 0 Å². The van der Waals surface area contributed by atoms with E-state index in [0.29, 0.717) is 11.5 Å². The first kappa shape index (κ1) is 12.6. The third-order valence-electron chi connectivity index (χ3n) is 3.48. The fourth-order valence-corrected chi connectivity index (χ4v) is 2.20. The molecular weight excluding hydrogens is 252 g/mol. The Morgan fingerprint density at radius 2 is 1.85 bits per heavy atom. The summed E-state index contributed by atoms with van der Waals surface area (Å²) in [4.78, 5) is 8.74. The Balaban J connectivity index is 2.15. The summed E-state index contributed by atoms with van der Waals surface area (Å²) in [6, 6.07) is 6.15. The Bertz CT molecular complexity index is 792. The molecule has 0 atom stereocenters. The summed E-state index contributed by atoms with van der Waals surface area (Å²) in [5.41, 5.74) is 4.77. The fourth-order valence-electron chi connectivity index (χ4n) is 2.20. The van der Waals surface area contributed by atoms with Gasteiger partial charge in [0.1, 0.15) is 17.0 Å². The van der Waals surface area contributed by atoms with E-state index < -0.39 is 0 Å². The molecule has 5 nitrogen and oxygen atoms in total. The number of hydrogen-bond donors (Lipinski definition) is 1. The number of fused-ring (bicyclic) bond motifs is 1. The van der Waals surface area contributed by atoms with Crippen molar-refractivity contribution in [1.29, 1.82) is 0 Å². The molecule has 3 aromatic rings. The minimum absolute atomic E-state index is 0.516. The van der Waals surface area contributed by atoms with Crippen LogP contribution in [0.2, 0.25) is 0 Å². The number of rotatable bonds is 2. The molecule has 0 bridgehead atoms. The maximum Gasteiger partial charge on any atom is 0.263 e. The van der Waals surface area contributed by atoms with E-state index in [1.807, 2.05) is 26.0 Å². The maximum absolute atomic E-state index is 5.22. The molecule has 0 aliphatic carbocycles. The Labute approximate surface area is 117 Å². The van der Waals surface area contributed by atoms with Crippen LogP contribution < -0.4 is 5.32 Å². The monoisotopic (exact) mass is 268 g/mol. The van der Waals surface area contributed by atoms with Crippen molar-refractivity contribution >= 4 is 22.6 Å². The molecule has 20 heavy (non-hydrogen) atoms. The zero-order chi connectivity index (χ0) is 14.3. The quantitative estimate of drug-likeness (QED) is 0.769. The SMILES string of the molecule is Cc1nc(Nc2cccc(C)c2C)c2c(C)noc2n1. The Morgan fingerprint density at radius 1 is 1.05 bits per heavy atom. The van der Waals surface area contributed by atoms with Gasteiger partial charge in [0.25, 0.3) is 5.71 Å². The number of aromatic nitrogens is 3. The van der Waals surface area contributed by atoms with Crippen molar-refractivity contribution in [1.82, 2.24) is 15.1 Å². The van der Waals surface area contributed by atoms with Crippen molar-refractivity contribution in [2.24, 2.45) is 0 Å². The van der Waals surface area contributed by atoms with Crippen molar-refractivity contribution in [2.75, 3.05) is 5.32 Å². The Morgan fingerprint density at radius 3 is 2.65 bits per heavy atom. The molecule has 2 heterocycles. The van der Waals surface area contributed by atoms with Gasteiger partial charge in [-0.1, -0.05) is 17.3 Å². The lowest BCUT2D eigenvalue weighted by Crippen LogP contribution is -2.00. The molecule has 0 fully saturated rings. The van der Waals surface area contributed by atoms with Gasteiger partial charge in [0, 0.05) is 5.69 Å². The normalized spacial score (nSPS) is 11.0. The van der Waals surface area contributed by atoms with Crippen LogP contribution in [0.5, 0.6) is 0 Å². The van der Waals surface area contributed by atoms with Crippen LogP contribution in [0.25, 0.3) is 11.1 Å². The largest absolute Gasteiger partial charge is 0.339 e. The van der Waals surface area contributed by atoms with Crippen molar-refractivity contribution in [2.45, 2.75) is 27.7 Å². The smallest absolute Gasteiger partial charge is 0.263 e. The number of aryl methyl sites for hydroxylation is 3. The van der Waals surface area contributed by atoms with E-state index >= 15 is 0 Å². The molecule has 3 rings (SSSR count). The van der Waals surface area contributed by atoms with E-state index in [-0.39, 0.29) is 0 Å². The molecule has 0 unspecified atom stereocenters. The van der Waals surface area contributed by atoms with E-state index in [9.17, 15) is 0 Å². The van der Waals surface area contributed by atoms with Gasteiger partial charge < -0.3 is 9.84 Å². The van der Waals surface area contributed by atoms with Gasteiger partial charge in [0.05, 0.1) is 5.69 Å². The summed E-state index contributed by atoms with van der Waals surface area (Å²) in [5.74, 6) is 1.39. The van der Waals surface area contributed by atoms with Crippen molar-refractivity contribution in [3.63, 3.8) is 0 Å². The van der Waals surface area contributed by atoms with E-state index in [1.165, 1.54) is 11.1 Å². The van der Waals surface area contributed by atoms with E-state index in [1.54, 1.807) is 0 Å². The van der Waals surface area contributed by atoms with Gasteiger partial charge in [0.15, 0.2) is 0 Å². The average molecular weight is 268 g/mol. The van der Waals surface area contributed by atoms with E-state index in [0.717, 1.165) is 22.6 Å². The van der Waals surface area contributed by atoms with E-state index in [2.05, 4.69) is 40.4 Å². The van der Waals surface area contributed by atoms with Crippen LogP contribution in [0.1, 0.15) is 22.6 Å². The Kier molecular flexibility index (Phi) is 2.89. The number of nitrogens with zero attached hydrogens (tertiary/aromatic N) is 3. The molecule has 0 saturated carbocycles. The minimum atomic E-state index is 0.516. The third-order valence-corrected chi connectivity index (χ3v) is 3.48. The van der Waals surface area contributed by atoms with Gasteiger partial charge in [-0.3, -0.25) is 0 Å². The van der Waals surface area contributed by atoms with Gasteiger partial charge in [0.2, 0.25) is 0 Å². The molecule has 5 heteroatoms. The van der Waals surface area contributed by atoms with Crippen LogP contribution in [0.3, 0.4) is 0 Å². The first-order valence-corrected chi connectivity index (χ1v) is 6.50. The van der Waals surface area contributed by atoms with Crippen LogP contribution in [0.4, 0.5) is 11.5 Å². The first-order chi connectivity index (χ1) is 9.56. The standard InChI is InChI=1S/C15H16N4O/c1-8-6-5-7-12(9(8)2)18-14-13-10(3)19-20-15(13)17-11(4)16-14/h5-7H,1-4H3,(H,16,17,18).